The van der Waals surface area contributed by atoms with E-state index < -0.39 is 0 Å². The van der Waals surface area contributed by atoms with Gasteiger partial charge in [-0.3, -0.25) is 4.79 Å². The van der Waals surface area contributed by atoms with E-state index in [-0.39, 0.29) is 17.6 Å². The molecule has 1 aromatic rings. The monoisotopic (exact) mass is 184 g/mol. The number of aryl methyl sites for hydroxylation is 1. The second-order valence-electron chi connectivity index (χ2n) is 3.85. The van der Waals surface area contributed by atoms with Crippen LogP contribution >= 0.6 is 0 Å². The minimum atomic E-state index is 0.0858. The third kappa shape index (κ3) is 1.56. The molecule has 0 amide bonds. The minimum Gasteiger partial charge on any atom is -0.294 e. The van der Waals surface area contributed by atoms with E-state index in [0.29, 0.717) is 0 Å². The van der Waals surface area contributed by atoms with E-state index in [2.05, 4.69) is 5.92 Å². The van der Waals surface area contributed by atoms with Gasteiger partial charge in [0.1, 0.15) is 0 Å². The molecule has 1 fully saturated rings. The van der Waals surface area contributed by atoms with Crippen LogP contribution in [0.2, 0.25) is 0 Å². The molecule has 2 rings (SSSR count). The van der Waals surface area contributed by atoms with Crippen LogP contribution in [-0.2, 0) is 0 Å². The van der Waals surface area contributed by atoms with Gasteiger partial charge >= 0.3 is 0 Å². The van der Waals surface area contributed by atoms with Crippen LogP contribution in [0.25, 0.3) is 0 Å². The molecule has 0 N–H and O–H groups in total. The molecule has 0 aliphatic heterocycles. The second kappa shape index (κ2) is 3.31. The third-order valence-corrected chi connectivity index (χ3v) is 2.68. The Balaban J connectivity index is 2.14. The Morgan fingerprint density at radius 2 is 2.07 bits per heavy atom. The molecule has 1 saturated carbocycles. The molecule has 0 saturated heterocycles. The molecule has 0 unspecified atom stereocenters. The Kier molecular flexibility index (Phi) is 2.13. The van der Waals surface area contributed by atoms with E-state index in [1.807, 2.05) is 31.2 Å². The second-order valence-corrected chi connectivity index (χ2v) is 3.85. The molecule has 2 atom stereocenters. The molecule has 1 heteroatoms. The highest BCUT2D eigenvalue weighted by molar-refractivity contribution is 6.00. The van der Waals surface area contributed by atoms with Gasteiger partial charge in [-0.25, -0.2) is 0 Å². The summed E-state index contributed by atoms with van der Waals surface area (Å²) < 4.78 is 0. The van der Waals surface area contributed by atoms with Gasteiger partial charge in [-0.1, -0.05) is 29.8 Å². The number of benzene rings is 1. The standard InChI is InChI=1S/C13H12O/c1-3-10-8-12(10)13(14)11-6-4-9(2)5-7-11/h1,4-7,10,12H,8H2,2H3/t10-,12+/m0/s1. The molecule has 1 aliphatic carbocycles. The lowest BCUT2D eigenvalue weighted by Gasteiger charge is -1.98. The molecular formula is C13H12O. The number of Topliss-reactive ketones (excluding diaryl/α,β-unsaturated/α-hetero) is 1. The zero-order valence-corrected chi connectivity index (χ0v) is 8.16. The van der Waals surface area contributed by atoms with Crippen LogP contribution in [0.1, 0.15) is 22.3 Å². The molecule has 0 radical (unpaired) electrons. The molecule has 0 spiro atoms. The van der Waals surface area contributed by atoms with Gasteiger partial charge in [0, 0.05) is 17.4 Å². The lowest BCUT2D eigenvalue weighted by molar-refractivity contribution is 0.0964. The summed E-state index contributed by atoms with van der Waals surface area (Å²) in [6.45, 7) is 2.01. The molecule has 0 heterocycles. The lowest BCUT2D eigenvalue weighted by Crippen LogP contribution is -2.02. The van der Waals surface area contributed by atoms with Gasteiger partial charge in [-0.15, -0.1) is 12.3 Å². The summed E-state index contributed by atoms with van der Waals surface area (Å²) in [5.74, 6) is 3.10. The van der Waals surface area contributed by atoms with Crippen molar-refractivity contribution in [3.8, 4) is 12.3 Å². The maximum absolute atomic E-state index is 11.8. The van der Waals surface area contributed by atoms with E-state index in [0.717, 1.165) is 12.0 Å². The van der Waals surface area contributed by atoms with Crippen LogP contribution in [0.15, 0.2) is 24.3 Å². The minimum absolute atomic E-state index is 0.0858. The maximum Gasteiger partial charge on any atom is 0.167 e. The molecule has 14 heavy (non-hydrogen) atoms. The Bertz CT molecular complexity index is 394. The van der Waals surface area contributed by atoms with Crippen LogP contribution in [0.3, 0.4) is 0 Å². The number of hydrogen-bond acceptors (Lipinski definition) is 1. The number of hydrogen-bond donors (Lipinski definition) is 0. The summed E-state index contributed by atoms with van der Waals surface area (Å²) in [7, 11) is 0. The number of carbonyl (C=O) groups excluding carboxylic acids is 1. The van der Waals surface area contributed by atoms with E-state index in [4.69, 9.17) is 6.42 Å². The Morgan fingerprint density at radius 3 is 2.57 bits per heavy atom. The number of terminal acetylenes is 1. The Morgan fingerprint density at radius 1 is 1.43 bits per heavy atom. The largest absolute Gasteiger partial charge is 0.294 e. The average molecular weight is 184 g/mol. The molecule has 1 nitrogen and oxygen atoms in total. The first-order valence-corrected chi connectivity index (χ1v) is 4.79. The van der Waals surface area contributed by atoms with Crippen molar-refractivity contribution < 1.29 is 4.79 Å². The van der Waals surface area contributed by atoms with Gasteiger partial charge < -0.3 is 0 Å². The van der Waals surface area contributed by atoms with Crippen molar-refractivity contribution in [2.24, 2.45) is 11.8 Å². The van der Waals surface area contributed by atoms with Gasteiger partial charge in [0.15, 0.2) is 5.78 Å². The summed E-state index contributed by atoms with van der Waals surface area (Å²) in [6, 6.07) is 7.67. The first kappa shape index (κ1) is 9.02. The lowest BCUT2D eigenvalue weighted by atomic mass is 10.0. The first-order valence-electron chi connectivity index (χ1n) is 4.79. The van der Waals surface area contributed by atoms with Crippen LogP contribution < -0.4 is 0 Å². The summed E-state index contributed by atoms with van der Waals surface area (Å²) in [5, 5.41) is 0. The van der Waals surface area contributed by atoms with Crippen molar-refractivity contribution in [2.75, 3.05) is 0 Å². The first-order chi connectivity index (χ1) is 6.72. The quantitative estimate of drug-likeness (QED) is 0.509. The van der Waals surface area contributed by atoms with Gasteiger partial charge in [0.25, 0.3) is 0 Å². The summed E-state index contributed by atoms with van der Waals surface area (Å²) in [6.07, 6.45) is 6.13. The molecular weight excluding hydrogens is 172 g/mol. The smallest absolute Gasteiger partial charge is 0.167 e. The van der Waals surface area contributed by atoms with E-state index >= 15 is 0 Å². The fourth-order valence-corrected chi connectivity index (χ4v) is 1.60. The highest BCUT2D eigenvalue weighted by atomic mass is 16.1. The van der Waals surface area contributed by atoms with Crippen LogP contribution in [-0.4, -0.2) is 5.78 Å². The van der Waals surface area contributed by atoms with E-state index in [1.54, 1.807) is 0 Å². The third-order valence-electron chi connectivity index (χ3n) is 2.68. The van der Waals surface area contributed by atoms with Gasteiger partial charge in [-0.05, 0) is 13.3 Å². The number of ketones is 1. The van der Waals surface area contributed by atoms with Crippen LogP contribution in [0.5, 0.6) is 0 Å². The fourth-order valence-electron chi connectivity index (χ4n) is 1.60. The molecule has 1 aromatic carbocycles. The molecule has 0 aromatic heterocycles. The number of carbonyl (C=O) groups is 1. The molecule has 1 aliphatic rings. The van der Waals surface area contributed by atoms with Crippen molar-refractivity contribution >= 4 is 5.78 Å². The predicted molar refractivity (Wildman–Crippen MR) is 55.9 cm³/mol. The maximum atomic E-state index is 11.8. The predicted octanol–water partition coefficient (Wildman–Crippen LogP) is 2.45. The van der Waals surface area contributed by atoms with E-state index in [1.165, 1.54) is 5.56 Å². The molecule has 70 valence electrons. The van der Waals surface area contributed by atoms with Gasteiger partial charge in [0.05, 0.1) is 0 Å². The summed E-state index contributed by atoms with van der Waals surface area (Å²) in [4.78, 5) is 11.8. The van der Waals surface area contributed by atoms with Gasteiger partial charge in [0.2, 0.25) is 0 Å². The Hall–Kier alpha value is -1.55. The highest BCUT2D eigenvalue weighted by Crippen LogP contribution is 2.40. The number of rotatable bonds is 2. The van der Waals surface area contributed by atoms with Gasteiger partial charge in [-0.2, -0.15) is 0 Å². The van der Waals surface area contributed by atoms with Crippen molar-refractivity contribution in [1.82, 2.24) is 0 Å². The summed E-state index contributed by atoms with van der Waals surface area (Å²) >= 11 is 0. The SMILES string of the molecule is C#C[C@H]1C[C@H]1C(=O)c1ccc(C)cc1. The van der Waals surface area contributed by atoms with Crippen LogP contribution in [0, 0.1) is 31.1 Å². The zero-order valence-electron chi connectivity index (χ0n) is 8.16. The average Bonchev–Trinajstić information content (AvgIpc) is 2.97. The van der Waals surface area contributed by atoms with Crippen molar-refractivity contribution in [3.05, 3.63) is 35.4 Å². The Labute approximate surface area is 84.1 Å². The van der Waals surface area contributed by atoms with Crippen molar-refractivity contribution in [1.29, 1.82) is 0 Å². The summed E-state index contributed by atoms with van der Waals surface area (Å²) in [5.41, 5.74) is 1.96. The zero-order chi connectivity index (χ0) is 10.1. The normalized spacial score (nSPS) is 24.0. The topological polar surface area (TPSA) is 17.1 Å². The van der Waals surface area contributed by atoms with Crippen LogP contribution in [0.4, 0.5) is 0 Å². The van der Waals surface area contributed by atoms with E-state index in [9.17, 15) is 4.79 Å². The van der Waals surface area contributed by atoms with Crippen molar-refractivity contribution in [3.63, 3.8) is 0 Å². The highest BCUT2D eigenvalue weighted by Gasteiger charge is 2.41. The van der Waals surface area contributed by atoms with Crippen molar-refractivity contribution in [2.45, 2.75) is 13.3 Å². The fraction of sp³-hybridized carbons (Fsp3) is 0.308. The molecule has 0 bridgehead atoms.